The minimum Gasteiger partial charge on any atom is -0.366 e. The van der Waals surface area contributed by atoms with Crippen LogP contribution in [0.1, 0.15) is 20.8 Å². The van der Waals surface area contributed by atoms with Crippen LogP contribution in [0.3, 0.4) is 0 Å². The van der Waals surface area contributed by atoms with Crippen LogP contribution >= 0.6 is 0 Å². The highest BCUT2D eigenvalue weighted by Gasteiger charge is 2.07. The molecule has 0 aromatic carbocycles. The van der Waals surface area contributed by atoms with Crippen LogP contribution in [-0.2, 0) is 0 Å². The molecule has 1 heterocycles. The van der Waals surface area contributed by atoms with E-state index < -0.39 is 5.91 Å². The van der Waals surface area contributed by atoms with Gasteiger partial charge in [0.1, 0.15) is 5.69 Å². The second-order valence-electron chi connectivity index (χ2n) is 2.37. The monoisotopic (exact) mass is 179 g/mol. The highest BCUT2D eigenvalue weighted by molar-refractivity contribution is 5.97. The number of aromatic nitrogens is 1. The Balaban J connectivity index is 3.05. The van der Waals surface area contributed by atoms with E-state index in [0.717, 1.165) is 0 Å². The third-order valence-corrected chi connectivity index (χ3v) is 1.50. The minimum absolute atomic E-state index is 0.179. The summed E-state index contributed by atoms with van der Waals surface area (Å²) in [6, 6.07) is 2.80. The summed E-state index contributed by atoms with van der Waals surface area (Å²) in [5.41, 5.74) is 5.48. The zero-order valence-electron chi connectivity index (χ0n) is 7.07. The van der Waals surface area contributed by atoms with Crippen LogP contribution in [0, 0.1) is 0 Å². The van der Waals surface area contributed by atoms with E-state index in [2.05, 4.69) is 10.3 Å². The molecule has 3 N–H and O–H groups in total. The highest BCUT2D eigenvalue weighted by atomic mass is 16.2. The summed E-state index contributed by atoms with van der Waals surface area (Å²) in [5, 5.41) is 2.39. The Kier molecular flexibility index (Phi) is 2.59. The second kappa shape index (κ2) is 3.66. The van der Waals surface area contributed by atoms with Crippen LogP contribution in [0.2, 0.25) is 0 Å². The summed E-state index contributed by atoms with van der Waals surface area (Å²) in [5.74, 6) is -0.921. The van der Waals surface area contributed by atoms with Gasteiger partial charge in [-0.05, 0) is 12.1 Å². The summed E-state index contributed by atoms with van der Waals surface area (Å²) in [6.07, 6.45) is 1.37. The number of hydrogen-bond donors (Lipinski definition) is 2. The molecule has 13 heavy (non-hydrogen) atoms. The molecule has 0 saturated heterocycles. The van der Waals surface area contributed by atoms with E-state index in [4.69, 9.17) is 5.73 Å². The van der Waals surface area contributed by atoms with Gasteiger partial charge >= 0.3 is 0 Å². The van der Waals surface area contributed by atoms with Crippen LogP contribution in [0.25, 0.3) is 0 Å². The van der Waals surface area contributed by atoms with Crippen LogP contribution < -0.4 is 11.1 Å². The second-order valence-corrected chi connectivity index (χ2v) is 2.37. The van der Waals surface area contributed by atoms with Crippen LogP contribution in [0.5, 0.6) is 0 Å². The van der Waals surface area contributed by atoms with Gasteiger partial charge in [0.2, 0.25) is 5.91 Å². The molecule has 1 aromatic rings. The number of carbonyl (C=O) groups excluding carboxylic acids is 2. The molecule has 5 heteroatoms. The van der Waals surface area contributed by atoms with Gasteiger partial charge in [0.15, 0.2) is 0 Å². The lowest BCUT2D eigenvalue weighted by molar-refractivity contribution is 0.0958. The molecule has 1 rings (SSSR count). The topological polar surface area (TPSA) is 85.1 Å². The number of nitrogens with two attached hydrogens (primary N) is 1. The van der Waals surface area contributed by atoms with Gasteiger partial charge in [0.05, 0.1) is 0 Å². The average molecular weight is 179 g/mol. The Morgan fingerprint density at radius 2 is 2.23 bits per heavy atom. The molecule has 1 aromatic heterocycles. The lowest BCUT2D eigenvalue weighted by Crippen LogP contribution is -2.20. The minimum atomic E-state index is -0.576. The predicted octanol–water partition coefficient (Wildman–Crippen LogP) is -0.460. The SMILES string of the molecule is CNC(=O)c1cc(C(N)=O)ccn1. The first-order valence-corrected chi connectivity index (χ1v) is 3.63. The van der Waals surface area contributed by atoms with E-state index in [1.165, 1.54) is 25.4 Å². The maximum absolute atomic E-state index is 11.1. The molecule has 0 aliphatic carbocycles. The van der Waals surface area contributed by atoms with Gasteiger partial charge in [-0.15, -0.1) is 0 Å². The molecular formula is C8H9N3O2. The standard InChI is InChI=1S/C8H9N3O2/c1-10-8(13)6-4-5(7(9)12)2-3-11-6/h2-4H,1H3,(H2,9,12)(H,10,13). The molecule has 5 nitrogen and oxygen atoms in total. The molecule has 0 aliphatic rings. The number of rotatable bonds is 2. The highest BCUT2D eigenvalue weighted by Crippen LogP contribution is 2.00. The third-order valence-electron chi connectivity index (χ3n) is 1.50. The number of nitrogens with one attached hydrogen (secondary N) is 1. The van der Waals surface area contributed by atoms with E-state index in [9.17, 15) is 9.59 Å². The molecule has 0 spiro atoms. The third kappa shape index (κ3) is 2.02. The molecule has 0 bridgehead atoms. The molecule has 68 valence electrons. The van der Waals surface area contributed by atoms with E-state index in [1.54, 1.807) is 0 Å². The van der Waals surface area contributed by atoms with Crippen molar-refractivity contribution in [1.29, 1.82) is 0 Å². The normalized spacial score (nSPS) is 9.31. The number of hydrogen-bond acceptors (Lipinski definition) is 3. The maximum atomic E-state index is 11.1. The fraction of sp³-hybridized carbons (Fsp3) is 0.125. The number of pyridine rings is 1. The molecule has 0 atom stereocenters. The van der Waals surface area contributed by atoms with Gasteiger partial charge in [0, 0.05) is 18.8 Å². The molecule has 0 saturated carbocycles. The Hall–Kier alpha value is -1.91. The molecule has 0 radical (unpaired) electrons. The van der Waals surface area contributed by atoms with Gasteiger partial charge in [-0.2, -0.15) is 0 Å². The van der Waals surface area contributed by atoms with Crippen LogP contribution in [0.4, 0.5) is 0 Å². The fourth-order valence-electron chi connectivity index (χ4n) is 0.836. The van der Waals surface area contributed by atoms with Crippen molar-refractivity contribution >= 4 is 11.8 Å². The van der Waals surface area contributed by atoms with Gasteiger partial charge < -0.3 is 11.1 Å². The number of primary amides is 1. The zero-order chi connectivity index (χ0) is 9.84. The van der Waals surface area contributed by atoms with Crippen molar-refractivity contribution in [3.05, 3.63) is 29.6 Å². The van der Waals surface area contributed by atoms with Crippen molar-refractivity contribution in [2.75, 3.05) is 7.05 Å². The van der Waals surface area contributed by atoms with Crippen LogP contribution in [-0.4, -0.2) is 23.8 Å². The molecular weight excluding hydrogens is 170 g/mol. The molecule has 2 amide bonds. The van der Waals surface area contributed by atoms with Gasteiger partial charge in [-0.25, -0.2) is 0 Å². The Labute approximate surface area is 75.0 Å². The summed E-state index contributed by atoms with van der Waals surface area (Å²) >= 11 is 0. The number of nitrogens with zero attached hydrogens (tertiary/aromatic N) is 1. The van der Waals surface area contributed by atoms with Gasteiger partial charge in [-0.3, -0.25) is 14.6 Å². The van der Waals surface area contributed by atoms with Crippen molar-refractivity contribution < 1.29 is 9.59 Å². The quantitative estimate of drug-likeness (QED) is 0.644. The first-order valence-electron chi connectivity index (χ1n) is 3.63. The van der Waals surface area contributed by atoms with Crippen molar-refractivity contribution in [2.24, 2.45) is 5.73 Å². The largest absolute Gasteiger partial charge is 0.366 e. The van der Waals surface area contributed by atoms with Crippen molar-refractivity contribution in [1.82, 2.24) is 10.3 Å². The number of amides is 2. The van der Waals surface area contributed by atoms with Crippen LogP contribution in [0.15, 0.2) is 18.3 Å². The van der Waals surface area contributed by atoms with Gasteiger partial charge in [-0.1, -0.05) is 0 Å². The molecule has 0 fully saturated rings. The van der Waals surface area contributed by atoms with Crippen molar-refractivity contribution in [3.63, 3.8) is 0 Å². The lowest BCUT2D eigenvalue weighted by atomic mass is 10.2. The van der Waals surface area contributed by atoms with Crippen molar-refractivity contribution in [3.8, 4) is 0 Å². The molecule has 0 aliphatic heterocycles. The summed E-state index contributed by atoms with van der Waals surface area (Å²) < 4.78 is 0. The fourth-order valence-corrected chi connectivity index (χ4v) is 0.836. The number of carbonyl (C=O) groups is 2. The first kappa shape index (κ1) is 9.18. The van der Waals surface area contributed by atoms with Crippen molar-refractivity contribution in [2.45, 2.75) is 0 Å². The zero-order valence-corrected chi connectivity index (χ0v) is 7.07. The first-order chi connectivity index (χ1) is 6.15. The maximum Gasteiger partial charge on any atom is 0.269 e. The van der Waals surface area contributed by atoms with E-state index in [1.807, 2.05) is 0 Å². The lowest BCUT2D eigenvalue weighted by Gasteiger charge is -1.99. The molecule has 0 unspecified atom stereocenters. The average Bonchev–Trinajstić information content (AvgIpc) is 2.17. The van der Waals surface area contributed by atoms with Gasteiger partial charge in [0.25, 0.3) is 5.91 Å². The Morgan fingerprint density at radius 1 is 1.54 bits per heavy atom. The predicted molar refractivity (Wildman–Crippen MR) is 46.1 cm³/mol. The van der Waals surface area contributed by atoms with E-state index >= 15 is 0 Å². The smallest absolute Gasteiger partial charge is 0.269 e. The summed E-state index contributed by atoms with van der Waals surface area (Å²) in [4.78, 5) is 25.6. The van der Waals surface area contributed by atoms with E-state index in [0.29, 0.717) is 0 Å². The Bertz CT molecular complexity index is 349. The van der Waals surface area contributed by atoms with E-state index in [-0.39, 0.29) is 17.2 Å². The Morgan fingerprint density at radius 3 is 2.77 bits per heavy atom. The summed E-state index contributed by atoms with van der Waals surface area (Å²) in [6.45, 7) is 0. The summed E-state index contributed by atoms with van der Waals surface area (Å²) in [7, 11) is 1.49.